The molecule has 2 aromatic carbocycles. The Morgan fingerprint density at radius 3 is 2.44 bits per heavy atom. The predicted molar refractivity (Wildman–Crippen MR) is 90.4 cm³/mol. The van der Waals surface area contributed by atoms with Crippen molar-refractivity contribution in [3.8, 4) is 0 Å². The molecule has 132 valence electrons. The highest BCUT2D eigenvalue weighted by molar-refractivity contribution is 6.37. The third-order valence-electron chi connectivity index (χ3n) is 3.19. The van der Waals surface area contributed by atoms with Crippen molar-refractivity contribution in [1.82, 2.24) is 0 Å². The van der Waals surface area contributed by atoms with Gasteiger partial charge in [-0.2, -0.15) is 18.3 Å². The summed E-state index contributed by atoms with van der Waals surface area (Å²) in [7, 11) is 0. The summed E-state index contributed by atoms with van der Waals surface area (Å²) in [5.74, 6) is 0. The Hall–Kier alpha value is -2.32. The van der Waals surface area contributed by atoms with E-state index < -0.39 is 22.4 Å². The first kappa shape index (κ1) is 19.0. The van der Waals surface area contributed by atoms with E-state index in [1.54, 1.807) is 19.1 Å². The number of nitro groups is 1. The molecule has 0 fully saturated rings. The molecule has 25 heavy (non-hydrogen) atoms. The second-order valence-corrected chi connectivity index (χ2v) is 5.76. The number of nitrogens with zero attached hydrogens (tertiary/aromatic N) is 2. The molecule has 0 amide bonds. The SMILES string of the molecule is C/C(=N\Nc1ccc(C(F)(F)F)cc1[N+](=O)[O-])c1ccc(Cl)cc1Cl. The minimum atomic E-state index is -4.68. The number of hydrogen-bond donors (Lipinski definition) is 1. The molecular formula is C15H10Cl2F3N3O2. The molecule has 2 aromatic rings. The van der Waals surface area contributed by atoms with E-state index in [0.717, 1.165) is 12.1 Å². The van der Waals surface area contributed by atoms with Crippen LogP contribution in [0.5, 0.6) is 0 Å². The lowest BCUT2D eigenvalue weighted by molar-refractivity contribution is -0.384. The first-order valence-corrected chi connectivity index (χ1v) is 7.46. The van der Waals surface area contributed by atoms with Gasteiger partial charge < -0.3 is 0 Å². The molecule has 0 aliphatic rings. The summed E-state index contributed by atoms with van der Waals surface area (Å²) in [4.78, 5) is 10.1. The van der Waals surface area contributed by atoms with Crippen LogP contribution in [0, 0.1) is 10.1 Å². The van der Waals surface area contributed by atoms with Crippen molar-refractivity contribution in [2.75, 3.05) is 5.43 Å². The minimum Gasteiger partial charge on any atom is -0.271 e. The van der Waals surface area contributed by atoms with Crippen molar-refractivity contribution >= 4 is 40.3 Å². The maximum absolute atomic E-state index is 12.7. The highest BCUT2D eigenvalue weighted by Gasteiger charge is 2.33. The summed E-state index contributed by atoms with van der Waals surface area (Å²) < 4.78 is 38.0. The van der Waals surface area contributed by atoms with Gasteiger partial charge in [-0.15, -0.1) is 0 Å². The van der Waals surface area contributed by atoms with Gasteiger partial charge in [0.2, 0.25) is 0 Å². The lowest BCUT2D eigenvalue weighted by Gasteiger charge is -2.09. The number of rotatable bonds is 4. The van der Waals surface area contributed by atoms with E-state index in [1.165, 1.54) is 6.07 Å². The number of nitrogens with one attached hydrogen (secondary N) is 1. The van der Waals surface area contributed by atoms with Gasteiger partial charge in [0.1, 0.15) is 5.69 Å². The van der Waals surface area contributed by atoms with Gasteiger partial charge in [0.15, 0.2) is 0 Å². The van der Waals surface area contributed by atoms with E-state index in [-0.39, 0.29) is 5.69 Å². The summed E-state index contributed by atoms with van der Waals surface area (Å²) >= 11 is 11.8. The van der Waals surface area contributed by atoms with Crippen LogP contribution >= 0.6 is 23.2 Å². The zero-order valence-corrected chi connectivity index (χ0v) is 14.1. The molecule has 0 saturated carbocycles. The van der Waals surface area contributed by atoms with Crippen molar-refractivity contribution in [3.63, 3.8) is 0 Å². The van der Waals surface area contributed by atoms with E-state index in [4.69, 9.17) is 23.2 Å². The highest BCUT2D eigenvalue weighted by Crippen LogP contribution is 2.35. The average Bonchev–Trinajstić information content (AvgIpc) is 2.51. The van der Waals surface area contributed by atoms with E-state index in [2.05, 4.69) is 10.5 Å². The zero-order valence-electron chi connectivity index (χ0n) is 12.6. The van der Waals surface area contributed by atoms with Crippen molar-refractivity contribution in [1.29, 1.82) is 0 Å². The summed E-state index contributed by atoms with van der Waals surface area (Å²) in [6, 6.07) is 6.81. The number of benzene rings is 2. The van der Waals surface area contributed by atoms with E-state index >= 15 is 0 Å². The largest absolute Gasteiger partial charge is 0.416 e. The van der Waals surface area contributed by atoms with Gasteiger partial charge in [0.05, 0.1) is 21.2 Å². The monoisotopic (exact) mass is 391 g/mol. The Morgan fingerprint density at radius 1 is 1.20 bits per heavy atom. The molecule has 10 heteroatoms. The Morgan fingerprint density at radius 2 is 1.88 bits per heavy atom. The molecule has 0 aliphatic heterocycles. The fraction of sp³-hybridized carbons (Fsp3) is 0.133. The standard InChI is InChI=1S/C15H10Cl2F3N3O2/c1-8(11-4-3-10(16)7-12(11)17)21-22-13-5-2-9(15(18,19)20)6-14(13)23(24)25/h2-7,22H,1H3/b21-8+. The van der Waals surface area contributed by atoms with Crippen molar-refractivity contribution < 1.29 is 18.1 Å². The molecule has 0 bridgehead atoms. The smallest absolute Gasteiger partial charge is 0.271 e. The molecule has 0 aromatic heterocycles. The van der Waals surface area contributed by atoms with E-state index in [1.807, 2.05) is 0 Å². The first-order valence-electron chi connectivity index (χ1n) is 6.71. The Balaban J connectivity index is 2.34. The molecular weight excluding hydrogens is 382 g/mol. The third-order valence-corrected chi connectivity index (χ3v) is 3.73. The number of nitro benzene ring substituents is 1. The van der Waals surface area contributed by atoms with Crippen molar-refractivity contribution in [2.45, 2.75) is 13.1 Å². The van der Waals surface area contributed by atoms with Crippen LogP contribution in [0.2, 0.25) is 10.0 Å². The molecule has 1 N–H and O–H groups in total. The number of halogens is 5. The second-order valence-electron chi connectivity index (χ2n) is 4.92. The van der Waals surface area contributed by atoms with Crippen LogP contribution in [-0.4, -0.2) is 10.6 Å². The fourth-order valence-corrected chi connectivity index (χ4v) is 2.49. The van der Waals surface area contributed by atoms with Gasteiger partial charge >= 0.3 is 6.18 Å². The molecule has 0 radical (unpaired) electrons. The number of hydrazone groups is 1. The molecule has 0 aliphatic carbocycles. The summed E-state index contributed by atoms with van der Waals surface area (Å²) in [5.41, 5.74) is 1.25. The Labute approximate surface area is 150 Å². The van der Waals surface area contributed by atoms with Crippen LogP contribution in [0.1, 0.15) is 18.1 Å². The van der Waals surface area contributed by atoms with Crippen LogP contribution in [0.15, 0.2) is 41.5 Å². The number of hydrogen-bond acceptors (Lipinski definition) is 4. The van der Waals surface area contributed by atoms with Crippen LogP contribution in [0.3, 0.4) is 0 Å². The van der Waals surface area contributed by atoms with Gasteiger partial charge in [0, 0.05) is 16.7 Å². The molecule has 0 unspecified atom stereocenters. The van der Waals surface area contributed by atoms with Crippen molar-refractivity contribution in [2.24, 2.45) is 5.10 Å². The normalized spacial score (nSPS) is 12.2. The molecule has 0 saturated heterocycles. The molecule has 0 atom stereocenters. The summed E-state index contributed by atoms with van der Waals surface area (Å²) in [5, 5.41) is 15.7. The Kier molecular flexibility index (Phi) is 5.54. The highest BCUT2D eigenvalue weighted by atomic mass is 35.5. The van der Waals surface area contributed by atoms with Crippen LogP contribution in [0.25, 0.3) is 0 Å². The summed E-state index contributed by atoms with van der Waals surface area (Å²) in [6.45, 7) is 1.58. The van der Waals surface area contributed by atoms with Gasteiger partial charge in [0.25, 0.3) is 5.69 Å². The molecule has 0 spiro atoms. The molecule has 2 rings (SSSR count). The number of anilines is 1. The summed E-state index contributed by atoms with van der Waals surface area (Å²) in [6.07, 6.45) is -4.68. The lowest BCUT2D eigenvalue weighted by Crippen LogP contribution is -2.07. The van der Waals surface area contributed by atoms with Gasteiger partial charge in [-0.1, -0.05) is 29.3 Å². The minimum absolute atomic E-state index is 0.178. The quantitative estimate of drug-likeness (QED) is 0.409. The van der Waals surface area contributed by atoms with Crippen LogP contribution < -0.4 is 5.43 Å². The Bertz CT molecular complexity index is 854. The molecule has 0 heterocycles. The second kappa shape index (κ2) is 7.28. The predicted octanol–water partition coefficient (Wildman–Crippen LogP) is 5.76. The maximum atomic E-state index is 12.7. The maximum Gasteiger partial charge on any atom is 0.416 e. The average molecular weight is 392 g/mol. The topological polar surface area (TPSA) is 67.5 Å². The van der Waals surface area contributed by atoms with Gasteiger partial charge in [-0.25, -0.2) is 0 Å². The van der Waals surface area contributed by atoms with Gasteiger partial charge in [-0.05, 0) is 31.2 Å². The molecule has 5 nitrogen and oxygen atoms in total. The first-order chi connectivity index (χ1) is 11.6. The fourth-order valence-electron chi connectivity index (χ4n) is 1.94. The van der Waals surface area contributed by atoms with E-state index in [9.17, 15) is 23.3 Å². The van der Waals surface area contributed by atoms with Gasteiger partial charge in [-0.3, -0.25) is 15.5 Å². The van der Waals surface area contributed by atoms with Crippen LogP contribution in [0.4, 0.5) is 24.5 Å². The van der Waals surface area contributed by atoms with E-state index in [0.29, 0.717) is 27.4 Å². The van der Waals surface area contributed by atoms with Crippen molar-refractivity contribution in [3.05, 3.63) is 67.7 Å². The van der Waals surface area contributed by atoms with Crippen LogP contribution in [-0.2, 0) is 6.18 Å². The number of alkyl halides is 3. The third kappa shape index (κ3) is 4.61. The zero-order chi connectivity index (χ0) is 18.8. The lowest BCUT2D eigenvalue weighted by atomic mass is 10.1.